The molecule has 0 atom stereocenters. The van der Waals surface area contributed by atoms with Crippen molar-refractivity contribution in [1.82, 2.24) is 9.80 Å². The zero-order valence-corrected chi connectivity index (χ0v) is 16.0. The van der Waals surface area contributed by atoms with E-state index in [1.54, 1.807) is 26.4 Å². The lowest BCUT2D eigenvalue weighted by molar-refractivity contribution is -0.159. The molecule has 2 N–H and O–H groups in total. The third kappa shape index (κ3) is 6.14. The standard InChI is InChI=1S/C16H24N2O3.C2H2O4/c1-12(2)17-8-10-18(11-9-17)16(19)13-6-5-7-14(20-3)15(13)21-4;3-1(4)2(5)6/h5-7,12H,8-11H2,1-4H3;(H,3,4)(H,5,6). The lowest BCUT2D eigenvalue weighted by Gasteiger charge is -2.37. The SMILES string of the molecule is COc1cccc(C(=O)N2CCN(C(C)C)CC2)c1OC.O=C(O)C(=O)O. The van der Waals surface area contributed by atoms with Crippen LogP contribution in [-0.4, -0.2) is 84.3 Å². The van der Waals surface area contributed by atoms with Crippen molar-refractivity contribution in [2.24, 2.45) is 0 Å². The number of nitrogens with zero attached hydrogens (tertiary/aromatic N) is 2. The number of carboxylic acids is 2. The highest BCUT2D eigenvalue weighted by molar-refractivity contribution is 6.27. The fourth-order valence-corrected chi connectivity index (χ4v) is 2.67. The molecule has 150 valence electrons. The highest BCUT2D eigenvalue weighted by Gasteiger charge is 2.26. The van der Waals surface area contributed by atoms with Crippen molar-refractivity contribution in [3.8, 4) is 11.5 Å². The van der Waals surface area contributed by atoms with E-state index in [0.29, 0.717) is 23.1 Å². The Labute approximate surface area is 158 Å². The van der Waals surface area contributed by atoms with Gasteiger partial charge in [0.2, 0.25) is 0 Å². The lowest BCUT2D eigenvalue weighted by atomic mass is 10.1. The predicted molar refractivity (Wildman–Crippen MR) is 97.4 cm³/mol. The second-order valence-electron chi connectivity index (χ2n) is 6.07. The van der Waals surface area contributed by atoms with Crippen molar-refractivity contribution in [2.75, 3.05) is 40.4 Å². The Kier molecular flexibility index (Phi) is 8.53. The summed E-state index contributed by atoms with van der Waals surface area (Å²) >= 11 is 0. The van der Waals surface area contributed by atoms with Gasteiger partial charge in [-0.25, -0.2) is 9.59 Å². The van der Waals surface area contributed by atoms with Gasteiger partial charge in [0, 0.05) is 32.2 Å². The summed E-state index contributed by atoms with van der Waals surface area (Å²) in [4.78, 5) is 35.2. The summed E-state index contributed by atoms with van der Waals surface area (Å²) in [5.74, 6) is -2.54. The molecule has 0 aromatic heterocycles. The number of piperazine rings is 1. The Hall–Kier alpha value is -2.81. The first kappa shape index (κ1) is 22.2. The van der Waals surface area contributed by atoms with E-state index in [1.807, 2.05) is 11.0 Å². The smallest absolute Gasteiger partial charge is 0.414 e. The molecule has 9 heteroatoms. The van der Waals surface area contributed by atoms with Crippen LogP contribution in [0, 0.1) is 0 Å². The normalized spacial score (nSPS) is 14.2. The summed E-state index contributed by atoms with van der Waals surface area (Å²) in [6, 6.07) is 5.93. The average Bonchev–Trinajstić information content (AvgIpc) is 2.67. The number of carboxylic acid groups (broad SMARTS) is 2. The van der Waals surface area contributed by atoms with E-state index >= 15 is 0 Å². The third-order valence-electron chi connectivity index (χ3n) is 4.15. The number of ether oxygens (including phenoxy) is 2. The van der Waals surface area contributed by atoms with Gasteiger partial charge < -0.3 is 24.6 Å². The molecule has 1 saturated heterocycles. The maximum absolute atomic E-state index is 12.7. The van der Waals surface area contributed by atoms with E-state index in [1.165, 1.54) is 0 Å². The number of rotatable bonds is 4. The number of aliphatic carboxylic acids is 2. The number of amides is 1. The molecule has 1 aromatic carbocycles. The molecule has 0 spiro atoms. The van der Waals surface area contributed by atoms with Gasteiger partial charge in [0.1, 0.15) is 0 Å². The van der Waals surface area contributed by atoms with E-state index < -0.39 is 11.9 Å². The molecule has 1 fully saturated rings. The van der Waals surface area contributed by atoms with Gasteiger partial charge in [0.05, 0.1) is 19.8 Å². The topological polar surface area (TPSA) is 117 Å². The highest BCUT2D eigenvalue weighted by atomic mass is 16.5. The van der Waals surface area contributed by atoms with Gasteiger partial charge in [-0.1, -0.05) is 6.07 Å². The largest absolute Gasteiger partial charge is 0.493 e. The molecule has 0 saturated carbocycles. The quantitative estimate of drug-likeness (QED) is 0.742. The summed E-state index contributed by atoms with van der Waals surface area (Å²) in [7, 11) is 3.14. The van der Waals surface area contributed by atoms with Crippen LogP contribution < -0.4 is 9.47 Å². The molecule has 1 heterocycles. The fraction of sp³-hybridized carbons (Fsp3) is 0.500. The Morgan fingerprint density at radius 2 is 1.52 bits per heavy atom. The summed E-state index contributed by atoms with van der Waals surface area (Å²) in [5, 5.41) is 14.8. The molecule has 2 rings (SSSR count). The number of benzene rings is 1. The Morgan fingerprint density at radius 1 is 0.963 bits per heavy atom. The number of hydrogen-bond donors (Lipinski definition) is 2. The van der Waals surface area contributed by atoms with E-state index in [9.17, 15) is 4.79 Å². The van der Waals surface area contributed by atoms with Crippen LogP contribution >= 0.6 is 0 Å². The first-order valence-corrected chi connectivity index (χ1v) is 8.43. The zero-order valence-electron chi connectivity index (χ0n) is 16.0. The summed E-state index contributed by atoms with van der Waals surface area (Å²) < 4.78 is 10.6. The van der Waals surface area contributed by atoms with E-state index in [2.05, 4.69) is 18.7 Å². The van der Waals surface area contributed by atoms with Crippen LogP contribution in [0.25, 0.3) is 0 Å². The van der Waals surface area contributed by atoms with Gasteiger partial charge in [-0.2, -0.15) is 0 Å². The molecule has 1 aromatic rings. The van der Waals surface area contributed by atoms with Crippen LogP contribution in [0.3, 0.4) is 0 Å². The summed E-state index contributed by atoms with van der Waals surface area (Å²) in [6.07, 6.45) is 0. The zero-order chi connectivity index (χ0) is 20.6. The molecule has 9 nitrogen and oxygen atoms in total. The van der Waals surface area contributed by atoms with Crippen molar-refractivity contribution < 1.29 is 34.1 Å². The van der Waals surface area contributed by atoms with E-state index in [4.69, 9.17) is 29.3 Å². The molecule has 1 aliphatic heterocycles. The van der Waals surface area contributed by atoms with Gasteiger partial charge >= 0.3 is 11.9 Å². The molecule has 27 heavy (non-hydrogen) atoms. The van der Waals surface area contributed by atoms with Gasteiger partial charge in [-0.3, -0.25) is 9.69 Å². The minimum absolute atomic E-state index is 0.00848. The Morgan fingerprint density at radius 3 is 1.93 bits per heavy atom. The second-order valence-corrected chi connectivity index (χ2v) is 6.07. The minimum atomic E-state index is -1.82. The molecule has 0 aliphatic carbocycles. The van der Waals surface area contributed by atoms with Crippen molar-refractivity contribution in [2.45, 2.75) is 19.9 Å². The number of para-hydroxylation sites is 1. The van der Waals surface area contributed by atoms with Crippen LogP contribution in [0.15, 0.2) is 18.2 Å². The average molecular weight is 382 g/mol. The molecular weight excluding hydrogens is 356 g/mol. The highest BCUT2D eigenvalue weighted by Crippen LogP contribution is 2.31. The molecule has 0 radical (unpaired) electrons. The Balaban J connectivity index is 0.000000527. The maximum Gasteiger partial charge on any atom is 0.414 e. The van der Waals surface area contributed by atoms with Crippen molar-refractivity contribution in [3.63, 3.8) is 0 Å². The van der Waals surface area contributed by atoms with Gasteiger partial charge in [0.25, 0.3) is 5.91 Å². The number of carbonyl (C=O) groups is 3. The molecule has 0 bridgehead atoms. The van der Waals surface area contributed by atoms with Crippen LogP contribution in [0.2, 0.25) is 0 Å². The minimum Gasteiger partial charge on any atom is -0.493 e. The van der Waals surface area contributed by atoms with Crippen LogP contribution in [0.1, 0.15) is 24.2 Å². The molecule has 0 unspecified atom stereocenters. The monoisotopic (exact) mass is 382 g/mol. The van der Waals surface area contributed by atoms with Gasteiger partial charge in [-0.15, -0.1) is 0 Å². The molecule has 1 amide bonds. The lowest BCUT2D eigenvalue weighted by Crippen LogP contribution is -2.50. The number of methoxy groups -OCH3 is 2. The van der Waals surface area contributed by atoms with E-state index in [-0.39, 0.29) is 5.91 Å². The summed E-state index contributed by atoms with van der Waals surface area (Å²) in [5.41, 5.74) is 0.565. The Bertz CT molecular complexity index is 656. The summed E-state index contributed by atoms with van der Waals surface area (Å²) in [6.45, 7) is 7.69. The molecule has 1 aliphatic rings. The number of carbonyl (C=O) groups excluding carboxylic acids is 1. The van der Waals surface area contributed by atoms with E-state index in [0.717, 1.165) is 26.2 Å². The van der Waals surface area contributed by atoms with Crippen molar-refractivity contribution in [1.29, 1.82) is 0 Å². The van der Waals surface area contributed by atoms with Crippen molar-refractivity contribution in [3.05, 3.63) is 23.8 Å². The van der Waals surface area contributed by atoms with Crippen LogP contribution in [-0.2, 0) is 9.59 Å². The van der Waals surface area contributed by atoms with Crippen LogP contribution in [0.4, 0.5) is 0 Å². The van der Waals surface area contributed by atoms with Gasteiger partial charge in [0.15, 0.2) is 11.5 Å². The maximum atomic E-state index is 12.7. The molecular formula is C18H26N2O7. The number of hydrogen-bond acceptors (Lipinski definition) is 6. The second kappa shape index (κ2) is 10.4. The predicted octanol–water partition coefficient (Wildman–Crippen LogP) is 1.03. The van der Waals surface area contributed by atoms with Gasteiger partial charge in [-0.05, 0) is 26.0 Å². The first-order valence-electron chi connectivity index (χ1n) is 8.43. The third-order valence-corrected chi connectivity index (χ3v) is 4.15. The fourth-order valence-electron chi connectivity index (χ4n) is 2.67. The van der Waals surface area contributed by atoms with Crippen molar-refractivity contribution >= 4 is 17.8 Å². The van der Waals surface area contributed by atoms with Crippen LogP contribution in [0.5, 0.6) is 11.5 Å². The first-order chi connectivity index (χ1) is 12.7.